The van der Waals surface area contributed by atoms with E-state index >= 15 is 0 Å². The second-order valence-corrected chi connectivity index (χ2v) is 7.27. The molecule has 1 unspecified atom stereocenters. The number of anilines is 1. The van der Waals surface area contributed by atoms with E-state index < -0.39 is 0 Å². The van der Waals surface area contributed by atoms with Crippen molar-refractivity contribution in [1.82, 2.24) is 5.32 Å². The van der Waals surface area contributed by atoms with Gasteiger partial charge in [0, 0.05) is 10.6 Å². The molecule has 0 aliphatic rings. The molecule has 6 heteroatoms. The topological polar surface area (TPSA) is 67.4 Å². The zero-order valence-electron chi connectivity index (χ0n) is 15.6. The van der Waals surface area contributed by atoms with Crippen molar-refractivity contribution in [3.05, 3.63) is 82.6 Å². The first kappa shape index (κ1) is 19.6. The van der Waals surface area contributed by atoms with E-state index in [2.05, 4.69) is 10.6 Å². The van der Waals surface area contributed by atoms with Crippen molar-refractivity contribution in [2.75, 3.05) is 19.0 Å². The van der Waals surface area contributed by atoms with Gasteiger partial charge < -0.3 is 15.4 Å². The van der Waals surface area contributed by atoms with Crippen molar-refractivity contribution in [2.24, 2.45) is 0 Å². The number of rotatable bonds is 8. The van der Waals surface area contributed by atoms with Crippen molar-refractivity contribution in [2.45, 2.75) is 12.3 Å². The third-order valence-electron chi connectivity index (χ3n) is 4.30. The van der Waals surface area contributed by atoms with Gasteiger partial charge in [-0.15, -0.1) is 11.3 Å². The lowest BCUT2D eigenvalue weighted by molar-refractivity contribution is -0.125. The van der Waals surface area contributed by atoms with Crippen LogP contribution in [0.4, 0.5) is 5.69 Å². The summed E-state index contributed by atoms with van der Waals surface area (Å²) in [6.07, 6.45) is 0.579. The van der Waals surface area contributed by atoms with Crippen LogP contribution in [-0.4, -0.2) is 25.5 Å². The van der Waals surface area contributed by atoms with E-state index in [4.69, 9.17) is 4.74 Å². The highest BCUT2D eigenvalue weighted by atomic mass is 32.1. The van der Waals surface area contributed by atoms with Crippen molar-refractivity contribution in [1.29, 1.82) is 0 Å². The molecule has 5 nitrogen and oxygen atoms in total. The Morgan fingerprint density at radius 3 is 2.39 bits per heavy atom. The summed E-state index contributed by atoms with van der Waals surface area (Å²) in [7, 11) is 1.61. The Morgan fingerprint density at radius 2 is 1.75 bits per heavy atom. The summed E-state index contributed by atoms with van der Waals surface area (Å²) < 4.78 is 5.20. The predicted octanol–water partition coefficient (Wildman–Crippen LogP) is 3.84. The fourth-order valence-corrected chi connectivity index (χ4v) is 3.60. The normalized spacial score (nSPS) is 11.5. The summed E-state index contributed by atoms with van der Waals surface area (Å²) in [6.45, 7) is -0.0785. The Morgan fingerprint density at radius 1 is 1.00 bits per heavy atom. The highest BCUT2D eigenvalue weighted by Crippen LogP contribution is 2.25. The fraction of sp³-hybridized carbons (Fsp3) is 0.182. The zero-order chi connectivity index (χ0) is 19.8. The predicted molar refractivity (Wildman–Crippen MR) is 112 cm³/mol. The van der Waals surface area contributed by atoms with Crippen LogP contribution in [0.3, 0.4) is 0 Å². The third-order valence-corrected chi connectivity index (χ3v) is 5.20. The van der Waals surface area contributed by atoms with Gasteiger partial charge in [0.05, 0.1) is 19.6 Å². The SMILES string of the molecule is COc1ccc(C(Cc2cccs2)C(=O)NCC(=O)Nc2ccccc2)cc1. The molecule has 144 valence electrons. The molecule has 0 bridgehead atoms. The number of ether oxygens (including phenoxy) is 1. The van der Waals surface area contributed by atoms with Crippen molar-refractivity contribution >= 4 is 28.8 Å². The molecule has 2 aromatic carbocycles. The monoisotopic (exact) mass is 394 g/mol. The van der Waals surface area contributed by atoms with Crippen LogP contribution >= 0.6 is 11.3 Å². The van der Waals surface area contributed by atoms with E-state index in [0.29, 0.717) is 12.1 Å². The van der Waals surface area contributed by atoms with Gasteiger partial charge in [0.15, 0.2) is 0 Å². The summed E-state index contributed by atoms with van der Waals surface area (Å²) in [4.78, 5) is 26.1. The molecule has 0 radical (unpaired) electrons. The molecule has 3 rings (SSSR count). The number of nitrogens with one attached hydrogen (secondary N) is 2. The number of methoxy groups -OCH3 is 1. The molecular weight excluding hydrogens is 372 g/mol. The molecule has 0 spiro atoms. The molecule has 0 aliphatic heterocycles. The molecular formula is C22H22N2O3S. The first-order chi connectivity index (χ1) is 13.7. The summed E-state index contributed by atoms with van der Waals surface area (Å²) in [5.74, 6) is -0.0821. The molecule has 1 aromatic heterocycles. The summed E-state index contributed by atoms with van der Waals surface area (Å²) >= 11 is 1.61. The lowest BCUT2D eigenvalue weighted by Crippen LogP contribution is -2.36. The number of carbonyl (C=O) groups is 2. The first-order valence-electron chi connectivity index (χ1n) is 8.94. The van der Waals surface area contributed by atoms with Crippen LogP contribution in [0.2, 0.25) is 0 Å². The minimum atomic E-state index is -0.380. The van der Waals surface area contributed by atoms with Gasteiger partial charge in [0.2, 0.25) is 11.8 Å². The van der Waals surface area contributed by atoms with E-state index in [0.717, 1.165) is 16.2 Å². The van der Waals surface area contributed by atoms with E-state index in [9.17, 15) is 9.59 Å². The second kappa shape index (κ2) is 9.71. The lowest BCUT2D eigenvalue weighted by atomic mass is 9.94. The standard InChI is InChI=1S/C22H22N2O3S/c1-27-18-11-9-16(10-12-18)20(14-19-8-5-13-28-19)22(26)23-15-21(25)24-17-6-3-2-4-7-17/h2-13,20H,14-15H2,1H3,(H,23,26)(H,24,25). The van der Waals surface area contributed by atoms with Gasteiger partial charge in [0.1, 0.15) is 5.75 Å². The first-order valence-corrected chi connectivity index (χ1v) is 9.82. The maximum Gasteiger partial charge on any atom is 0.243 e. The Bertz CT molecular complexity index is 893. The number of carbonyl (C=O) groups excluding carboxylic acids is 2. The Labute approximate surface area is 168 Å². The minimum absolute atomic E-state index is 0.0785. The number of thiophene rings is 1. The molecule has 2 N–H and O–H groups in total. The van der Waals surface area contributed by atoms with Crippen molar-refractivity contribution in [3.8, 4) is 5.75 Å². The minimum Gasteiger partial charge on any atom is -0.497 e. The van der Waals surface area contributed by atoms with Crippen LogP contribution in [0.15, 0.2) is 72.1 Å². The summed E-state index contributed by atoms with van der Waals surface area (Å²) in [5, 5.41) is 7.52. The van der Waals surface area contributed by atoms with Crippen LogP contribution in [0.25, 0.3) is 0 Å². The number of para-hydroxylation sites is 1. The smallest absolute Gasteiger partial charge is 0.243 e. The van der Waals surface area contributed by atoms with Gasteiger partial charge in [-0.2, -0.15) is 0 Å². The number of benzene rings is 2. The van der Waals surface area contributed by atoms with Crippen molar-refractivity contribution in [3.63, 3.8) is 0 Å². The number of hydrogen-bond acceptors (Lipinski definition) is 4. The van der Waals surface area contributed by atoms with Crippen LogP contribution < -0.4 is 15.4 Å². The van der Waals surface area contributed by atoms with Crippen LogP contribution in [-0.2, 0) is 16.0 Å². The maximum absolute atomic E-state index is 12.9. The third kappa shape index (κ3) is 5.44. The largest absolute Gasteiger partial charge is 0.497 e. The Kier molecular flexibility index (Phi) is 6.81. The quantitative estimate of drug-likeness (QED) is 0.610. The molecule has 3 aromatic rings. The summed E-state index contributed by atoms with van der Waals surface area (Å²) in [5.41, 5.74) is 1.59. The van der Waals surface area contributed by atoms with Gasteiger partial charge in [0.25, 0.3) is 0 Å². The maximum atomic E-state index is 12.9. The van der Waals surface area contributed by atoms with E-state index in [1.54, 1.807) is 30.6 Å². The number of hydrogen-bond donors (Lipinski definition) is 2. The Balaban J connectivity index is 1.66. The van der Waals surface area contributed by atoms with Gasteiger partial charge in [-0.1, -0.05) is 36.4 Å². The summed E-state index contributed by atoms with van der Waals surface area (Å²) in [6, 6.07) is 20.6. The van der Waals surface area contributed by atoms with Crippen LogP contribution in [0, 0.1) is 0 Å². The molecule has 1 heterocycles. The van der Waals surface area contributed by atoms with E-state index in [1.165, 1.54) is 0 Å². The average Bonchev–Trinajstić information content (AvgIpc) is 3.24. The lowest BCUT2D eigenvalue weighted by Gasteiger charge is -2.17. The number of amides is 2. The Hall–Kier alpha value is -3.12. The molecule has 1 atom stereocenters. The highest BCUT2D eigenvalue weighted by molar-refractivity contribution is 7.09. The zero-order valence-corrected chi connectivity index (χ0v) is 16.4. The second-order valence-electron chi connectivity index (χ2n) is 6.24. The van der Waals surface area contributed by atoms with Crippen molar-refractivity contribution < 1.29 is 14.3 Å². The van der Waals surface area contributed by atoms with Gasteiger partial charge in [-0.3, -0.25) is 9.59 Å². The fourth-order valence-electron chi connectivity index (χ4n) is 2.85. The molecule has 2 amide bonds. The van der Waals surface area contributed by atoms with E-state index in [-0.39, 0.29) is 24.3 Å². The van der Waals surface area contributed by atoms with Gasteiger partial charge in [-0.05, 0) is 47.7 Å². The molecule has 0 saturated carbocycles. The average molecular weight is 394 g/mol. The van der Waals surface area contributed by atoms with Crippen LogP contribution in [0.1, 0.15) is 16.4 Å². The molecule has 0 fully saturated rings. The molecule has 0 aliphatic carbocycles. The van der Waals surface area contributed by atoms with Gasteiger partial charge in [-0.25, -0.2) is 0 Å². The highest BCUT2D eigenvalue weighted by Gasteiger charge is 2.22. The molecule has 28 heavy (non-hydrogen) atoms. The van der Waals surface area contributed by atoms with E-state index in [1.807, 2.05) is 60.0 Å². The van der Waals surface area contributed by atoms with Gasteiger partial charge >= 0.3 is 0 Å². The molecule has 0 saturated heterocycles. The van der Waals surface area contributed by atoms with Crippen LogP contribution in [0.5, 0.6) is 5.75 Å².